The number of hydrogen-bond donors (Lipinski definition) is 4. The molecule has 176 valence electrons. The Balaban J connectivity index is 1.29. The van der Waals surface area contributed by atoms with Crippen LogP contribution in [0.5, 0.6) is 11.5 Å². The number of rotatable bonds is 8. The molecule has 7 nitrogen and oxygen atoms in total. The Labute approximate surface area is 205 Å². The molecule has 0 bridgehead atoms. The van der Waals surface area contributed by atoms with E-state index < -0.39 is 0 Å². The first-order chi connectivity index (χ1) is 16.5. The molecular weight excluding hydrogens is 477 g/mol. The van der Waals surface area contributed by atoms with Crippen LogP contribution >= 0.6 is 23.5 Å². The van der Waals surface area contributed by atoms with E-state index >= 15 is 4.39 Å². The van der Waals surface area contributed by atoms with Crippen molar-refractivity contribution in [3.8, 4) is 11.5 Å². The van der Waals surface area contributed by atoms with E-state index in [-0.39, 0.29) is 18.6 Å². The van der Waals surface area contributed by atoms with Crippen LogP contribution in [0.4, 0.5) is 15.8 Å². The Bertz CT molecular complexity index is 1350. The summed E-state index contributed by atoms with van der Waals surface area (Å²) in [6, 6.07) is 11.0. The maximum atomic E-state index is 15.0. The van der Waals surface area contributed by atoms with Gasteiger partial charge in [-0.3, -0.25) is 4.72 Å². The first kappa shape index (κ1) is 22.6. The lowest BCUT2D eigenvalue weighted by Crippen LogP contribution is -2.29. The van der Waals surface area contributed by atoms with Gasteiger partial charge in [-0.1, -0.05) is 11.6 Å². The number of fused-ring (bicyclic) bond motifs is 2. The lowest BCUT2D eigenvalue weighted by molar-refractivity contribution is 0.285. The second-order valence-corrected chi connectivity index (χ2v) is 9.32. The van der Waals surface area contributed by atoms with Gasteiger partial charge in [0.25, 0.3) is 0 Å². The molecule has 0 amide bonds. The standard InChI is InChI=1S/C24H23ClFN5O2S/c1-27-34-16-3-4-19-20(8-16)31-23(30-19)12-33-22-9-18(26)13(6-21(22)32-2)5-14-10-28-24-17(14)7-15(25)11-29-24/h3-4,6-11,23,27,30-31H,5,12H2,1-2H3,(H,28,29). The van der Waals surface area contributed by atoms with Crippen LogP contribution in [0, 0.1) is 5.82 Å². The highest BCUT2D eigenvalue weighted by Crippen LogP contribution is 2.35. The number of aromatic nitrogens is 2. The number of pyridine rings is 1. The molecule has 0 spiro atoms. The van der Waals surface area contributed by atoms with Gasteiger partial charge in [0.05, 0.1) is 23.5 Å². The summed E-state index contributed by atoms with van der Waals surface area (Å²) in [4.78, 5) is 8.46. The van der Waals surface area contributed by atoms with E-state index in [1.165, 1.54) is 6.07 Å². The minimum atomic E-state index is -0.371. The predicted molar refractivity (Wildman–Crippen MR) is 135 cm³/mol. The molecule has 2 aromatic heterocycles. The highest BCUT2D eigenvalue weighted by atomic mass is 35.5. The van der Waals surface area contributed by atoms with Gasteiger partial charge in [-0.2, -0.15) is 0 Å². The van der Waals surface area contributed by atoms with E-state index in [2.05, 4.69) is 31.4 Å². The van der Waals surface area contributed by atoms with E-state index in [1.807, 2.05) is 31.4 Å². The van der Waals surface area contributed by atoms with Crippen LogP contribution in [-0.4, -0.2) is 36.9 Å². The highest BCUT2D eigenvalue weighted by molar-refractivity contribution is 7.97. The summed E-state index contributed by atoms with van der Waals surface area (Å²) in [5.41, 5.74) is 4.09. The Morgan fingerprint density at radius 2 is 1.97 bits per heavy atom. The summed E-state index contributed by atoms with van der Waals surface area (Å²) in [5, 5.41) is 8.15. The van der Waals surface area contributed by atoms with E-state index in [0.717, 1.165) is 27.2 Å². The SMILES string of the molecule is CNSc1ccc2c(c1)NC(COc1cc(F)c(Cc3c[nH]c4ncc(Cl)cc34)cc1OC)N2. The third-order valence-corrected chi connectivity index (χ3v) is 6.47. The quantitative estimate of drug-likeness (QED) is 0.241. The second-order valence-electron chi connectivity index (χ2n) is 7.80. The normalized spacial score (nSPS) is 14.5. The molecule has 1 aliphatic heterocycles. The Morgan fingerprint density at radius 3 is 2.79 bits per heavy atom. The molecular formula is C24H23ClFN5O2S. The summed E-state index contributed by atoms with van der Waals surface area (Å²) in [5.74, 6) is 0.443. The molecule has 0 saturated carbocycles. The fourth-order valence-corrected chi connectivity index (χ4v) is 4.69. The number of benzene rings is 2. The molecule has 4 N–H and O–H groups in total. The second kappa shape index (κ2) is 9.61. The minimum absolute atomic E-state index is 0.152. The van der Waals surface area contributed by atoms with Crippen LogP contribution < -0.4 is 24.8 Å². The molecule has 10 heteroatoms. The smallest absolute Gasteiger partial charge is 0.164 e. The molecule has 0 radical (unpaired) electrons. The first-order valence-electron chi connectivity index (χ1n) is 10.7. The minimum Gasteiger partial charge on any atom is -0.493 e. The van der Waals surface area contributed by atoms with Gasteiger partial charge in [-0.25, -0.2) is 9.37 Å². The van der Waals surface area contributed by atoms with Gasteiger partial charge in [-0.15, -0.1) is 0 Å². The molecule has 5 rings (SSSR count). The molecule has 34 heavy (non-hydrogen) atoms. The summed E-state index contributed by atoms with van der Waals surface area (Å²) >= 11 is 7.63. The van der Waals surface area contributed by atoms with Crippen LogP contribution in [-0.2, 0) is 6.42 Å². The number of H-pyrrole nitrogens is 1. The molecule has 2 aromatic carbocycles. The van der Waals surface area contributed by atoms with E-state index in [0.29, 0.717) is 34.2 Å². The zero-order valence-corrected chi connectivity index (χ0v) is 20.1. The van der Waals surface area contributed by atoms with E-state index in [4.69, 9.17) is 21.1 Å². The van der Waals surface area contributed by atoms with Gasteiger partial charge >= 0.3 is 0 Å². The van der Waals surface area contributed by atoms with Crippen LogP contribution in [0.15, 0.2) is 53.7 Å². The molecule has 0 saturated heterocycles. The molecule has 0 aliphatic carbocycles. The van der Waals surface area contributed by atoms with E-state index in [1.54, 1.807) is 31.3 Å². The average molecular weight is 500 g/mol. The number of anilines is 2. The maximum absolute atomic E-state index is 15.0. The maximum Gasteiger partial charge on any atom is 0.164 e. The molecule has 3 heterocycles. The zero-order chi connectivity index (χ0) is 23.7. The number of hydrogen-bond acceptors (Lipinski definition) is 7. The average Bonchev–Trinajstić information content (AvgIpc) is 3.42. The van der Waals surface area contributed by atoms with Gasteiger partial charge in [-0.05, 0) is 60.5 Å². The van der Waals surface area contributed by atoms with Gasteiger partial charge in [0.15, 0.2) is 11.5 Å². The van der Waals surface area contributed by atoms with Gasteiger partial charge in [0.1, 0.15) is 24.2 Å². The van der Waals surface area contributed by atoms with Crippen molar-refractivity contribution in [2.75, 3.05) is 31.4 Å². The van der Waals surface area contributed by atoms with Crippen molar-refractivity contribution in [3.05, 3.63) is 70.8 Å². The molecule has 0 fully saturated rings. The molecule has 1 unspecified atom stereocenters. The molecule has 1 atom stereocenters. The Hall–Kier alpha value is -3.14. The van der Waals surface area contributed by atoms with Crippen LogP contribution in [0.3, 0.4) is 0 Å². The van der Waals surface area contributed by atoms with Crippen LogP contribution in [0.1, 0.15) is 11.1 Å². The highest BCUT2D eigenvalue weighted by Gasteiger charge is 2.22. The number of methoxy groups -OCH3 is 1. The number of aromatic amines is 1. The van der Waals surface area contributed by atoms with Crippen molar-refractivity contribution in [1.29, 1.82) is 0 Å². The van der Waals surface area contributed by atoms with E-state index in [9.17, 15) is 0 Å². The topological polar surface area (TPSA) is 83.2 Å². The fourth-order valence-electron chi connectivity index (χ4n) is 3.99. The fraction of sp³-hybridized carbons (Fsp3) is 0.208. The van der Waals surface area contributed by atoms with Crippen molar-refractivity contribution in [1.82, 2.24) is 14.7 Å². The Morgan fingerprint density at radius 1 is 1.12 bits per heavy atom. The molecule has 4 aromatic rings. The summed E-state index contributed by atoms with van der Waals surface area (Å²) in [7, 11) is 3.42. The number of nitrogens with one attached hydrogen (secondary N) is 4. The van der Waals surface area contributed by atoms with Crippen molar-refractivity contribution in [3.63, 3.8) is 0 Å². The summed E-state index contributed by atoms with van der Waals surface area (Å²) < 4.78 is 29.5. The molecule has 1 aliphatic rings. The van der Waals surface area contributed by atoms with Crippen molar-refractivity contribution < 1.29 is 13.9 Å². The summed E-state index contributed by atoms with van der Waals surface area (Å²) in [6.45, 7) is 0.283. The number of nitrogens with zero attached hydrogens (tertiary/aromatic N) is 1. The van der Waals surface area contributed by atoms with Crippen molar-refractivity contribution in [2.24, 2.45) is 0 Å². The van der Waals surface area contributed by atoms with Gasteiger partial charge in [0, 0.05) is 35.2 Å². The van der Waals surface area contributed by atoms with Crippen LogP contribution in [0.25, 0.3) is 11.0 Å². The first-order valence-corrected chi connectivity index (χ1v) is 11.8. The lowest BCUT2D eigenvalue weighted by atomic mass is 10.0. The Kier molecular flexibility index (Phi) is 6.40. The lowest BCUT2D eigenvalue weighted by Gasteiger charge is -2.17. The third-order valence-electron chi connectivity index (χ3n) is 5.57. The number of ether oxygens (including phenoxy) is 2. The monoisotopic (exact) mass is 499 g/mol. The largest absolute Gasteiger partial charge is 0.493 e. The zero-order valence-electron chi connectivity index (χ0n) is 18.5. The van der Waals surface area contributed by atoms with Crippen LogP contribution in [0.2, 0.25) is 5.02 Å². The van der Waals surface area contributed by atoms with Crippen molar-refractivity contribution >= 4 is 46.0 Å². The summed E-state index contributed by atoms with van der Waals surface area (Å²) in [6.07, 6.45) is 3.60. The van der Waals surface area contributed by atoms with Gasteiger partial charge in [0.2, 0.25) is 0 Å². The number of halogens is 2. The predicted octanol–water partition coefficient (Wildman–Crippen LogP) is 5.42. The third kappa shape index (κ3) is 4.59. The van der Waals surface area contributed by atoms with Crippen molar-refractivity contribution in [2.45, 2.75) is 17.5 Å². The van der Waals surface area contributed by atoms with Gasteiger partial charge < -0.3 is 25.1 Å².